The summed E-state index contributed by atoms with van der Waals surface area (Å²) < 4.78 is 29.2. The van der Waals surface area contributed by atoms with Gasteiger partial charge in [0.2, 0.25) is 0 Å². The molecular formula is C24H19F2N5OS. The Hall–Kier alpha value is -3.85. The predicted octanol–water partition coefficient (Wildman–Crippen LogP) is 4.74. The number of carbonyl (C=O) groups excluding carboxylic acids is 1. The van der Waals surface area contributed by atoms with E-state index in [0.717, 1.165) is 17.1 Å². The van der Waals surface area contributed by atoms with Crippen LogP contribution in [0.2, 0.25) is 0 Å². The summed E-state index contributed by atoms with van der Waals surface area (Å²) in [4.78, 5) is 20.6. The summed E-state index contributed by atoms with van der Waals surface area (Å²) in [5, 5.41) is 9.58. The van der Waals surface area contributed by atoms with Crippen molar-refractivity contribution in [3.63, 3.8) is 0 Å². The smallest absolute Gasteiger partial charge is 0.253 e. The number of aromatic nitrogens is 1. The number of thioether (sulfide) groups is 1. The van der Waals surface area contributed by atoms with E-state index >= 15 is 0 Å². The molecule has 1 aliphatic rings. The summed E-state index contributed by atoms with van der Waals surface area (Å²) in [7, 11) is 3.01. The van der Waals surface area contributed by atoms with Crippen LogP contribution < -0.4 is 5.32 Å². The second-order valence-corrected chi connectivity index (χ2v) is 7.99. The van der Waals surface area contributed by atoms with E-state index in [-0.39, 0.29) is 5.56 Å². The second kappa shape index (κ2) is 9.33. The van der Waals surface area contributed by atoms with Gasteiger partial charge >= 0.3 is 0 Å². The van der Waals surface area contributed by atoms with Crippen LogP contribution in [0.25, 0.3) is 10.9 Å². The molecule has 1 amide bonds. The molecule has 0 saturated carbocycles. The molecule has 0 aliphatic carbocycles. The first-order chi connectivity index (χ1) is 15.9. The number of halogens is 2. The Labute approximate surface area is 193 Å². The van der Waals surface area contributed by atoms with Crippen LogP contribution in [0, 0.1) is 11.6 Å². The van der Waals surface area contributed by atoms with Crippen molar-refractivity contribution in [3.8, 4) is 0 Å². The predicted molar refractivity (Wildman–Crippen MR) is 127 cm³/mol. The van der Waals surface area contributed by atoms with Crippen LogP contribution in [0.1, 0.15) is 15.9 Å². The molecule has 0 radical (unpaired) electrons. The summed E-state index contributed by atoms with van der Waals surface area (Å²) in [6.07, 6.45) is 5.00. The van der Waals surface area contributed by atoms with Crippen molar-refractivity contribution in [2.75, 3.05) is 14.1 Å². The average Bonchev–Trinajstić information content (AvgIpc) is 2.82. The molecule has 1 aromatic heterocycles. The molecule has 6 nitrogen and oxygen atoms in total. The number of nitrogens with zero attached hydrogens (tertiary/aromatic N) is 4. The first kappa shape index (κ1) is 22.3. The fourth-order valence-electron chi connectivity index (χ4n) is 3.20. The monoisotopic (exact) mass is 463 g/mol. The van der Waals surface area contributed by atoms with E-state index in [1.165, 1.54) is 30.3 Å². The molecule has 0 spiro atoms. The fourth-order valence-corrected chi connectivity index (χ4v) is 4.07. The van der Waals surface area contributed by atoms with Crippen LogP contribution in [0.3, 0.4) is 0 Å². The van der Waals surface area contributed by atoms with Gasteiger partial charge in [-0.25, -0.2) is 13.8 Å². The van der Waals surface area contributed by atoms with Crippen molar-refractivity contribution < 1.29 is 13.6 Å². The van der Waals surface area contributed by atoms with Gasteiger partial charge in [0.05, 0.1) is 27.4 Å². The number of pyridine rings is 1. The zero-order chi connectivity index (χ0) is 23.5. The molecule has 0 atom stereocenters. The summed E-state index contributed by atoms with van der Waals surface area (Å²) in [6, 6.07) is 11.0. The largest absolute Gasteiger partial charge is 0.355 e. The van der Waals surface area contributed by atoms with Crippen molar-refractivity contribution in [2.24, 2.45) is 10.1 Å². The quantitative estimate of drug-likeness (QED) is 0.346. The molecule has 1 N–H and O–H groups in total. The van der Waals surface area contributed by atoms with E-state index in [1.54, 1.807) is 43.6 Å². The molecule has 4 rings (SSSR count). The average molecular weight is 464 g/mol. The lowest BCUT2D eigenvalue weighted by atomic mass is 10.1. The molecule has 3 aromatic rings. The number of hydrogen-bond donors (Lipinski definition) is 1. The highest BCUT2D eigenvalue weighted by Crippen LogP contribution is 2.31. The van der Waals surface area contributed by atoms with Gasteiger partial charge in [0.25, 0.3) is 5.91 Å². The minimum atomic E-state index is -0.662. The molecule has 0 bridgehead atoms. The number of nitrogens with one attached hydrogen (secondary N) is 1. The topological polar surface area (TPSA) is 70.0 Å². The number of carbonyl (C=O) groups is 1. The molecule has 0 fully saturated rings. The lowest BCUT2D eigenvalue weighted by Gasteiger charge is -2.24. The maximum Gasteiger partial charge on any atom is 0.253 e. The summed E-state index contributed by atoms with van der Waals surface area (Å²) in [5.74, 6) is -1.61. The number of allylic oxidation sites excluding steroid dienone is 2. The Bertz CT molecular complexity index is 1370. The first-order valence-electron chi connectivity index (χ1n) is 9.88. The Kier molecular flexibility index (Phi) is 6.32. The van der Waals surface area contributed by atoms with Gasteiger partial charge in [0.15, 0.2) is 5.17 Å². The first-order valence-corrected chi connectivity index (χ1v) is 10.7. The molecule has 166 valence electrons. The second-order valence-electron chi connectivity index (χ2n) is 6.98. The SMILES string of the molecule is C=C1C=CC(c2ccc(C(=O)NC)c(F)c2)=NN1C(=NC)Sc1cc2cccnc2cc1F. The molecule has 33 heavy (non-hydrogen) atoms. The Morgan fingerprint density at radius 2 is 1.97 bits per heavy atom. The summed E-state index contributed by atoms with van der Waals surface area (Å²) in [6.45, 7) is 3.98. The third-order valence-corrected chi connectivity index (χ3v) is 5.95. The van der Waals surface area contributed by atoms with Gasteiger partial charge in [-0.1, -0.05) is 18.7 Å². The highest BCUT2D eigenvalue weighted by Gasteiger charge is 2.21. The minimum Gasteiger partial charge on any atom is -0.355 e. The number of amidine groups is 1. The van der Waals surface area contributed by atoms with Crippen molar-refractivity contribution >= 4 is 39.5 Å². The zero-order valence-corrected chi connectivity index (χ0v) is 18.7. The molecule has 0 saturated heterocycles. The van der Waals surface area contributed by atoms with Gasteiger partial charge in [-0.3, -0.25) is 14.8 Å². The Balaban J connectivity index is 1.65. The fraction of sp³-hybridized carbons (Fsp3) is 0.0833. The Morgan fingerprint density at radius 1 is 1.15 bits per heavy atom. The molecule has 0 unspecified atom stereocenters. The van der Waals surface area contributed by atoms with Crippen LogP contribution in [0.5, 0.6) is 0 Å². The number of rotatable bonds is 3. The van der Waals surface area contributed by atoms with Crippen LogP contribution in [-0.2, 0) is 0 Å². The van der Waals surface area contributed by atoms with Crippen molar-refractivity contribution in [1.29, 1.82) is 0 Å². The van der Waals surface area contributed by atoms with Crippen molar-refractivity contribution in [3.05, 3.63) is 95.9 Å². The van der Waals surface area contributed by atoms with E-state index in [0.29, 0.717) is 32.6 Å². The maximum absolute atomic E-state index is 14.7. The molecule has 9 heteroatoms. The third-order valence-electron chi connectivity index (χ3n) is 4.88. The molecule has 1 aliphatic heterocycles. The van der Waals surface area contributed by atoms with Gasteiger partial charge in [-0.15, -0.1) is 0 Å². The van der Waals surface area contributed by atoms with Gasteiger partial charge in [-0.2, -0.15) is 5.10 Å². The van der Waals surface area contributed by atoms with Crippen LogP contribution in [-0.4, -0.2) is 40.9 Å². The van der Waals surface area contributed by atoms with E-state index in [1.807, 2.05) is 6.07 Å². The van der Waals surface area contributed by atoms with E-state index in [4.69, 9.17) is 0 Å². The van der Waals surface area contributed by atoms with Gasteiger partial charge < -0.3 is 5.32 Å². The zero-order valence-electron chi connectivity index (χ0n) is 17.8. The van der Waals surface area contributed by atoms with Crippen LogP contribution in [0.15, 0.2) is 88.1 Å². The van der Waals surface area contributed by atoms with Crippen LogP contribution >= 0.6 is 11.8 Å². The lowest BCUT2D eigenvalue weighted by Crippen LogP contribution is -2.26. The van der Waals surface area contributed by atoms with E-state index < -0.39 is 17.5 Å². The number of hydrogen-bond acceptors (Lipinski definition) is 5. The van der Waals surface area contributed by atoms with E-state index in [9.17, 15) is 13.6 Å². The summed E-state index contributed by atoms with van der Waals surface area (Å²) in [5.41, 5.74) is 1.92. The number of hydrazone groups is 1. The summed E-state index contributed by atoms with van der Waals surface area (Å²) >= 11 is 1.09. The van der Waals surface area contributed by atoms with Crippen LogP contribution in [0.4, 0.5) is 8.78 Å². The van der Waals surface area contributed by atoms with Gasteiger partial charge in [-0.05, 0) is 48.2 Å². The van der Waals surface area contributed by atoms with Crippen molar-refractivity contribution in [1.82, 2.24) is 15.3 Å². The Morgan fingerprint density at radius 3 is 2.70 bits per heavy atom. The number of fused-ring (bicyclic) bond motifs is 1. The van der Waals surface area contributed by atoms with Gasteiger partial charge in [0, 0.05) is 37.3 Å². The van der Waals surface area contributed by atoms with E-state index in [2.05, 4.69) is 27.0 Å². The van der Waals surface area contributed by atoms with Gasteiger partial charge in [0.1, 0.15) is 11.6 Å². The highest BCUT2D eigenvalue weighted by atomic mass is 32.2. The molecule has 2 aromatic carbocycles. The standard InChI is InChI=1S/C24H19F2N5OS/c1-14-6-9-20(16-7-8-17(18(25)11-16)23(32)27-2)30-31(14)24(28-3)33-22-12-15-5-4-10-29-21(15)13-19(22)26/h4-13H,1H2,2-3H3,(H,27,32). The number of benzene rings is 2. The number of aliphatic imine (C=N–C) groups is 1. The molecular weight excluding hydrogens is 444 g/mol. The lowest BCUT2D eigenvalue weighted by molar-refractivity contribution is 0.0959. The highest BCUT2D eigenvalue weighted by molar-refractivity contribution is 8.13. The number of amides is 1. The maximum atomic E-state index is 14.7. The normalized spacial score (nSPS) is 13.9. The minimum absolute atomic E-state index is 0.0597. The van der Waals surface area contributed by atoms with Crippen molar-refractivity contribution in [2.45, 2.75) is 4.90 Å². The molecule has 2 heterocycles. The third kappa shape index (κ3) is 4.54.